The Morgan fingerprint density at radius 1 is 1.22 bits per heavy atom. The average molecular weight is 384 g/mol. The maximum atomic E-state index is 12.4. The summed E-state index contributed by atoms with van der Waals surface area (Å²) in [7, 11) is 0. The number of Topliss-reactive ketones (excluding diaryl/α,β-unsaturated/α-hetero) is 1. The van der Waals surface area contributed by atoms with Gasteiger partial charge in [0, 0.05) is 17.4 Å². The average Bonchev–Trinajstić information content (AvgIpc) is 3.23. The third kappa shape index (κ3) is 3.98. The van der Waals surface area contributed by atoms with Crippen LogP contribution in [0, 0.1) is 0 Å². The maximum Gasteiger partial charge on any atom is 0.341 e. The number of allylic oxidation sites excluding steroid dienone is 1. The first-order valence-electron chi connectivity index (χ1n) is 8.76. The minimum atomic E-state index is -0.425. The molecule has 0 saturated heterocycles. The molecule has 1 heterocycles. The van der Waals surface area contributed by atoms with E-state index in [1.807, 2.05) is 6.07 Å². The number of aliphatic hydroxyl groups excluding tert-OH is 1. The second-order valence-corrected chi connectivity index (χ2v) is 7.16. The number of esters is 1. The molecule has 140 valence electrons. The lowest BCUT2D eigenvalue weighted by atomic mass is 10.1. The molecule has 2 aromatic rings. The molecule has 0 spiro atoms. The molecular weight excluding hydrogens is 364 g/mol. The molecule has 0 bridgehead atoms. The van der Waals surface area contributed by atoms with Gasteiger partial charge >= 0.3 is 5.97 Å². The van der Waals surface area contributed by atoms with E-state index >= 15 is 0 Å². The van der Waals surface area contributed by atoms with Crippen LogP contribution in [0.4, 0.5) is 5.00 Å². The number of ether oxygens (including phenoxy) is 1. The van der Waals surface area contributed by atoms with E-state index in [2.05, 4.69) is 10.2 Å². The van der Waals surface area contributed by atoms with Crippen LogP contribution in [-0.4, -0.2) is 23.5 Å². The van der Waals surface area contributed by atoms with Crippen LogP contribution in [0.25, 0.3) is 5.76 Å². The van der Waals surface area contributed by atoms with Gasteiger partial charge in [-0.25, -0.2) is 4.79 Å². The first kappa shape index (κ1) is 19.0. The lowest BCUT2D eigenvalue weighted by Gasteiger charge is -2.04. The molecule has 7 heteroatoms. The van der Waals surface area contributed by atoms with E-state index in [1.54, 1.807) is 31.2 Å². The molecule has 0 unspecified atom stereocenters. The molecule has 0 radical (unpaired) electrons. The molecule has 0 aliphatic heterocycles. The topological polar surface area (TPSA) is 88.3 Å². The quantitative estimate of drug-likeness (QED) is 0.328. The van der Waals surface area contributed by atoms with Crippen LogP contribution in [0.5, 0.6) is 0 Å². The minimum absolute atomic E-state index is 0.149. The van der Waals surface area contributed by atoms with Gasteiger partial charge in [-0.3, -0.25) is 4.79 Å². The Bertz CT molecular complexity index is 929. The van der Waals surface area contributed by atoms with Gasteiger partial charge in [0.1, 0.15) is 5.56 Å². The van der Waals surface area contributed by atoms with E-state index in [9.17, 15) is 14.7 Å². The van der Waals surface area contributed by atoms with Crippen molar-refractivity contribution >= 4 is 33.8 Å². The summed E-state index contributed by atoms with van der Waals surface area (Å²) in [5, 5.41) is 19.0. The van der Waals surface area contributed by atoms with Crippen LogP contribution in [0.1, 0.15) is 46.6 Å². The van der Waals surface area contributed by atoms with E-state index in [4.69, 9.17) is 4.74 Å². The minimum Gasteiger partial charge on any atom is -0.505 e. The number of carbonyl (C=O) groups excluding carboxylic acids is 2. The normalized spacial score (nSPS) is 14.1. The Kier molecular flexibility index (Phi) is 5.81. The number of fused-ring (bicyclic) bond motifs is 1. The fraction of sp³-hybridized carbons (Fsp3) is 0.300. The molecule has 6 nitrogen and oxygen atoms in total. The number of hydrogen-bond donors (Lipinski definition) is 1. The van der Waals surface area contributed by atoms with Gasteiger partial charge in [-0.05, 0) is 31.7 Å². The Hall–Kier alpha value is -2.80. The molecule has 1 aliphatic carbocycles. The zero-order chi connectivity index (χ0) is 19.4. The van der Waals surface area contributed by atoms with Crippen LogP contribution in [-0.2, 0) is 22.4 Å². The maximum absolute atomic E-state index is 12.4. The molecule has 1 aromatic heterocycles. The molecule has 0 saturated carbocycles. The fourth-order valence-corrected chi connectivity index (χ4v) is 4.18. The number of rotatable bonds is 6. The summed E-state index contributed by atoms with van der Waals surface area (Å²) in [5.74, 6) is -1.08. The Balaban J connectivity index is 2.01. The van der Waals surface area contributed by atoms with E-state index in [1.165, 1.54) is 18.3 Å². The van der Waals surface area contributed by atoms with Crippen molar-refractivity contribution in [3.63, 3.8) is 0 Å². The first-order chi connectivity index (χ1) is 13.0. The number of ketones is 1. The van der Waals surface area contributed by atoms with Crippen LogP contribution in [0.2, 0.25) is 0 Å². The Labute approximate surface area is 161 Å². The zero-order valence-electron chi connectivity index (χ0n) is 15.2. The van der Waals surface area contributed by atoms with Gasteiger partial charge in [-0.1, -0.05) is 30.3 Å². The summed E-state index contributed by atoms with van der Waals surface area (Å²) < 4.78 is 5.16. The number of carbonyl (C=O) groups is 2. The van der Waals surface area contributed by atoms with Crippen molar-refractivity contribution in [1.82, 2.24) is 0 Å². The van der Waals surface area contributed by atoms with Crippen LogP contribution in [0.15, 0.2) is 46.3 Å². The highest BCUT2D eigenvalue weighted by atomic mass is 32.1. The number of aliphatic hydroxyl groups is 1. The van der Waals surface area contributed by atoms with Crippen molar-refractivity contribution in [1.29, 1.82) is 0 Å². The van der Waals surface area contributed by atoms with Crippen molar-refractivity contribution in [3.8, 4) is 0 Å². The molecule has 0 atom stereocenters. The number of benzene rings is 1. The molecule has 0 amide bonds. The predicted octanol–water partition coefficient (Wildman–Crippen LogP) is 5.01. The SMILES string of the molecule is CCOC(=O)c1c(N=N/C(C(C)=O)=C(/O)c2ccccc2)sc2c1CCC2. The Morgan fingerprint density at radius 3 is 2.63 bits per heavy atom. The van der Waals surface area contributed by atoms with Crippen molar-refractivity contribution < 1.29 is 19.4 Å². The van der Waals surface area contributed by atoms with Crippen molar-refractivity contribution in [2.45, 2.75) is 33.1 Å². The van der Waals surface area contributed by atoms with E-state index in [0.29, 0.717) is 16.1 Å². The molecule has 1 N–H and O–H groups in total. The van der Waals surface area contributed by atoms with Gasteiger partial charge in [0.15, 0.2) is 22.2 Å². The summed E-state index contributed by atoms with van der Waals surface area (Å²) in [4.78, 5) is 25.5. The number of thiophene rings is 1. The molecular formula is C20H20N2O4S. The second-order valence-electron chi connectivity index (χ2n) is 6.08. The third-order valence-electron chi connectivity index (χ3n) is 4.23. The number of nitrogens with zero attached hydrogens (tertiary/aromatic N) is 2. The molecule has 1 aliphatic rings. The summed E-state index contributed by atoms with van der Waals surface area (Å²) >= 11 is 1.39. The summed E-state index contributed by atoms with van der Waals surface area (Å²) in [5.41, 5.74) is 1.72. The van der Waals surface area contributed by atoms with Crippen LogP contribution in [0.3, 0.4) is 0 Å². The van der Waals surface area contributed by atoms with Gasteiger partial charge in [0.05, 0.1) is 6.61 Å². The molecule has 0 fully saturated rings. The van der Waals surface area contributed by atoms with E-state index < -0.39 is 11.8 Å². The van der Waals surface area contributed by atoms with Gasteiger partial charge in [-0.2, -0.15) is 0 Å². The molecule has 3 rings (SSSR count). The van der Waals surface area contributed by atoms with Gasteiger partial charge in [0.25, 0.3) is 0 Å². The summed E-state index contributed by atoms with van der Waals surface area (Å²) in [6.45, 7) is 3.34. The number of aryl methyl sites for hydroxylation is 1. The summed E-state index contributed by atoms with van der Waals surface area (Å²) in [6.07, 6.45) is 2.70. The van der Waals surface area contributed by atoms with Gasteiger partial charge in [-0.15, -0.1) is 21.6 Å². The predicted molar refractivity (Wildman–Crippen MR) is 103 cm³/mol. The fourth-order valence-electron chi connectivity index (χ4n) is 2.99. The third-order valence-corrected chi connectivity index (χ3v) is 5.40. The van der Waals surface area contributed by atoms with Crippen LogP contribution < -0.4 is 0 Å². The van der Waals surface area contributed by atoms with Gasteiger partial charge < -0.3 is 9.84 Å². The van der Waals surface area contributed by atoms with Gasteiger partial charge in [0.2, 0.25) is 0 Å². The van der Waals surface area contributed by atoms with E-state index in [0.717, 1.165) is 29.7 Å². The largest absolute Gasteiger partial charge is 0.505 e. The molecule has 27 heavy (non-hydrogen) atoms. The number of hydrogen-bond acceptors (Lipinski definition) is 7. The lowest BCUT2D eigenvalue weighted by molar-refractivity contribution is -0.113. The van der Waals surface area contributed by atoms with Crippen molar-refractivity contribution in [3.05, 3.63) is 57.6 Å². The smallest absolute Gasteiger partial charge is 0.341 e. The first-order valence-corrected chi connectivity index (χ1v) is 9.57. The number of azo groups is 1. The highest BCUT2D eigenvalue weighted by Gasteiger charge is 2.27. The van der Waals surface area contributed by atoms with E-state index in [-0.39, 0.29) is 18.1 Å². The van der Waals surface area contributed by atoms with Crippen molar-refractivity contribution in [2.75, 3.05) is 6.61 Å². The molecule has 1 aromatic carbocycles. The highest BCUT2D eigenvalue weighted by Crippen LogP contribution is 2.41. The standard InChI is InChI=1S/C20H20N2O4S/c1-3-26-20(25)16-14-10-7-11-15(14)27-19(16)22-21-17(12(2)23)18(24)13-8-5-4-6-9-13/h4-6,8-9,24H,3,7,10-11H2,1-2H3/b18-17+,22-21?. The summed E-state index contributed by atoms with van der Waals surface area (Å²) in [6, 6.07) is 8.67. The van der Waals surface area contributed by atoms with Crippen LogP contribution >= 0.6 is 11.3 Å². The lowest BCUT2D eigenvalue weighted by Crippen LogP contribution is -2.06. The Morgan fingerprint density at radius 2 is 1.96 bits per heavy atom. The highest BCUT2D eigenvalue weighted by molar-refractivity contribution is 7.16. The monoisotopic (exact) mass is 384 g/mol. The second kappa shape index (κ2) is 8.26. The van der Waals surface area contributed by atoms with Crippen molar-refractivity contribution in [2.24, 2.45) is 10.2 Å². The zero-order valence-corrected chi connectivity index (χ0v) is 16.0.